The van der Waals surface area contributed by atoms with Crippen molar-refractivity contribution in [3.8, 4) is 0 Å². The number of halogens is 4. The summed E-state index contributed by atoms with van der Waals surface area (Å²) in [5.41, 5.74) is -2.46. The van der Waals surface area contributed by atoms with Crippen LogP contribution in [0.3, 0.4) is 0 Å². The molecule has 0 aliphatic carbocycles. The summed E-state index contributed by atoms with van der Waals surface area (Å²) in [5.74, 6) is -2.56. The van der Waals surface area contributed by atoms with Crippen LogP contribution >= 0.6 is 0 Å². The van der Waals surface area contributed by atoms with Crippen LogP contribution in [0.4, 0.5) is 28.9 Å². The summed E-state index contributed by atoms with van der Waals surface area (Å²) in [5, 5.41) is 12.3. The fourth-order valence-corrected chi connectivity index (χ4v) is 3.40. The molecule has 0 fully saturated rings. The monoisotopic (exact) mass is 499 g/mol. The Hall–Kier alpha value is -4.61. The molecular weight excluding hydrogens is 482 g/mol. The summed E-state index contributed by atoms with van der Waals surface area (Å²) in [7, 11) is 0. The number of carbonyl (C=O) groups is 2. The number of carbonyl (C=O) groups excluding carboxylic acids is 2. The average molecular weight is 499 g/mol. The quantitative estimate of drug-likeness (QED) is 0.386. The summed E-state index contributed by atoms with van der Waals surface area (Å²) in [6.45, 7) is -0.208. The van der Waals surface area contributed by atoms with E-state index < -0.39 is 40.6 Å². The van der Waals surface area contributed by atoms with Crippen molar-refractivity contribution in [3.05, 3.63) is 94.0 Å². The van der Waals surface area contributed by atoms with Crippen molar-refractivity contribution in [2.24, 2.45) is 0 Å². The zero-order valence-corrected chi connectivity index (χ0v) is 18.3. The Morgan fingerprint density at radius 2 is 1.67 bits per heavy atom. The van der Waals surface area contributed by atoms with Crippen LogP contribution in [0, 0.1) is 5.82 Å². The zero-order chi connectivity index (χ0) is 25.9. The Morgan fingerprint density at radius 3 is 2.42 bits per heavy atom. The summed E-state index contributed by atoms with van der Waals surface area (Å²) in [4.78, 5) is 37.1. The molecule has 2 N–H and O–H groups in total. The SMILES string of the molecule is O=C(CCn1nnc2ccccc2c1=O)Nc1ccc(NC(=O)c2ccccc2F)cc1C(F)(F)F. The van der Waals surface area contributed by atoms with Gasteiger partial charge >= 0.3 is 6.18 Å². The number of amides is 2. The minimum Gasteiger partial charge on any atom is -0.325 e. The summed E-state index contributed by atoms with van der Waals surface area (Å²) in [6.07, 6.45) is -5.22. The number of hydrogen-bond acceptors (Lipinski definition) is 5. The van der Waals surface area contributed by atoms with E-state index in [0.717, 1.165) is 22.9 Å². The van der Waals surface area contributed by atoms with Crippen LogP contribution < -0.4 is 16.2 Å². The van der Waals surface area contributed by atoms with Crippen molar-refractivity contribution in [1.29, 1.82) is 0 Å². The molecule has 0 saturated heterocycles. The number of anilines is 2. The summed E-state index contributed by atoms with van der Waals surface area (Å²) < 4.78 is 55.8. The summed E-state index contributed by atoms with van der Waals surface area (Å²) in [6, 6.07) is 14.2. The van der Waals surface area contributed by atoms with Crippen LogP contribution in [0.5, 0.6) is 0 Å². The van der Waals surface area contributed by atoms with E-state index >= 15 is 0 Å². The van der Waals surface area contributed by atoms with Gasteiger partial charge in [-0.25, -0.2) is 9.07 Å². The largest absolute Gasteiger partial charge is 0.418 e. The molecule has 1 heterocycles. The van der Waals surface area contributed by atoms with E-state index in [1.807, 2.05) is 0 Å². The molecule has 0 radical (unpaired) electrons. The first-order valence-electron chi connectivity index (χ1n) is 10.5. The van der Waals surface area contributed by atoms with Gasteiger partial charge in [-0.05, 0) is 42.5 Å². The number of hydrogen-bond donors (Lipinski definition) is 2. The Bertz CT molecular complexity index is 1520. The predicted molar refractivity (Wildman–Crippen MR) is 123 cm³/mol. The summed E-state index contributed by atoms with van der Waals surface area (Å²) >= 11 is 0. The van der Waals surface area contributed by atoms with Gasteiger partial charge in [0.15, 0.2) is 0 Å². The van der Waals surface area contributed by atoms with Gasteiger partial charge < -0.3 is 10.6 Å². The fraction of sp³-hybridized carbons (Fsp3) is 0.125. The minimum absolute atomic E-state index is 0.208. The zero-order valence-electron chi connectivity index (χ0n) is 18.3. The number of fused-ring (bicyclic) bond motifs is 1. The molecule has 36 heavy (non-hydrogen) atoms. The van der Waals surface area contributed by atoms with E-state index in [-0.39, 0.29) is 24.2 Å². The fourth-order valence-electron chi connectivity index (χ4n) is 3.40. The average Bonchev–Trinajstić information content (AvgIpc) is 2.84. The lowest BCUT2D eigenvalue weighted by Crippen LogP contribution is -2.27. The van der Waals surface area contributed by atoms with Crippen LogP contribution in [0.15, 0.2) is 71.5 Å². The molecule has 4 aromatic rings. The lowest BCUT2D eigenvalue weighted by Gasteiger charge is -2.16. The molecule has 0 spiro atoms. The molecular formula is C24H17F4N5O3. The maximum absolute atomic E-state index is 13.8. The second-order valence-electron chi connectivity index (χ2n) is 7.63. The number of nitrogens with one attached hydrogen (secondary N) is 2. The second kappa shape index (κ2) is 9.94. The van der Waals surface area contributed by atoms with Crippen molar-refractivity contribution in [2.45, 2.75) is 19.1 Å². The highest BCUT2D eigenvalue weighted by molar-refractivity contribution is 6.04. The predicted octanol–water partition coefficient (Wildman–Crippen LogP) is 4.23. The maximum Gasteiger partial charge on any atom is 0.418 e. The van der Waals surface area contributed by atoms with Gasteiger partial charge in [0, 0.05) is 12.1 Å². The van der Waals surface area contributed by atoms with E-state index in [4.69, 9.17) is 0 Å². The Kier molecular flexibility index (Phi) is 6.77. The normalized spacial score (nSPS) is 11.3. The Labute approximate surface area is 200 Å². The van der Waals surface area contributed by atoms with E-state index in [1.54, 1.807) is 24.3 Å². The maximum atomic E-state index is 13.8. The van der Waals surface area contributed by atoms with Crippen LogP contribution in [0.25, 0.3) is 10.9 Å². The highest BCUT2D eigenvalue weighted by atomic mass is 19.4. The van der Waals surface area contributed by atoms with Gasteiger partial charge in [0.2, 0.25) is 5.91 Å². The van der Waals surface area contributed by atoms with Crippen LogP contribution in [-0.4, -0.2) is 26.8 Å². The van der Waals surface area contributed by atoms with Crippen molar-refractivity contribution in [3.63, 3.8) is 0 Å². The number of benzene rings is 3. The first-order valence-corrected chi connectivity index (χ1v) is 10.5. The number of rotatable bonds is 6. The lowest BCUT2D eigenvalue weighted by atomic mass is 10.1. The molecule has 0 unspecified atom stereocenters. The molecule has 0 bridgehead atoms. The van der Waals surface area contributed by atoms with Crippen molar-refractivity contribution < 1.29 is 27.2 Å². The molecule has 3 aromatic carbocycles. The van der Waals surface area contributed by atoms with Gasteiger partial charge in [0.25, 0.3) is 11.5 Å². The van der Waals surface area contributed by atoms with Gasteiger partial charge in [-0.15, -0.1) is 5.10 Å². The molecule has 1 aromatic heterocycles. The third kappa shape index (κ3) is 5.37. The van der Waals surface area contributed by atoms with Crippen molar-refractivity contribution in [1.82, 2.24) is 15.0 Å². The number of aromatic nitrogens is 3. The number of nitrogens with zero attached hydrogens (tertiary/aromatic N) is 3. The Balaban J connectivity index is 1.49. The van der Waals surface area contributed by atoms with E-state index in [0.29, 0.717) is 17.0 Å². The Morgan fingerprint density at radius 1 is 0.944 bits per heavy atom. The molecule has 184 valence electrons. The lowest BCUT2D eigenvalue weighted by molar-refractivity contribution is -0.136. The topological polar surface area (TPSA) is 106 Å². The highest BCUT2D eigenvalue weighted by Gasteiger charge is 2.34. The van der Waals surface area contributed by atoms with E-state index in [9.17, 15) is 31.9 Å². The molecule has 0 aliphatic rings. The van der Waals surface area contributed by atoms with Gasteiger partial charge in [-0.2, -0.15) is 13.2 Å². The highest BCUT2D eigenvalue weighted by Crippen LogP contribution is 2.36. The first kappa shape index (κ1) is 24.5. The van der Waals surface area contributed by atoms with Gasteiger partial charge in [-0.1, -0.05) is 29.5 Å². The van der Waals surface area contributed by atoms with Crippen LogP contribution in [0.1, 0.15) is 22.3 Å². The standard InChI is InChI=1S/C24H17F4N5O3/c25-18-7-3-1-5-15(18)22(35)29-14-9-10-20(17(13-14)24(26,27)28)30-21(34)11-12-33-23(36)16-6-2-4-8-19(16)31-32-33/h1-10,13H,11-12H2,(H,29,35)(H,30,34). The van der Waals surface area contributed by atoms with E-state index in [2.05, 4.69) is 20.9 Å². The molecule has 2 amide bonds. The molecule has 0 aliphatic heterocycles. The van der Waals surface area contributed by atoms with Crippen molar-refractivity contribution in [2.75, 3.05) is 10.6 Å². The number of alkyl halides is 3. The first-order chi connectivity index (χ1) is 17.1. The number of aryl methyl sites for hydroxylation is 1. The van der Waals surface area contributed by atoms with Crippen LogP contribution in [0.2, 0.25) is 0 Å². The van der Waals surface area contributed by atoms with Gasteiger partial charge in [0.1, 0.15) is 11.3 Å². The molecule has 0 saturated carbocycles. The molecule has 8 nitrogen and oxygen atoms in total. The third-order valence-corrected chi connectivity index (χ3v) is 5.16. The minimum atomic E-state index is -4.87. The van der Waals surface area contributed by atoms with Crippen molar-refractivity contribution >= 4 is 34.1 Å². The molecule has 0 atom stereocenters. The molecule has 4 rings (SSSR count). The third-order valence-electron chi connectivity index (χ3n) is 5.16. The van der Waals surface area contributed by atoms with Gasteiger partial charge in [0.05, 0.1) is 28.7 Å². The second-order valence-corrected chi connectivity index (χ2v) is 7.63. The van der Waals surface area contributed by atoms with E-state index in [1.165, 1.54) is 18.2 Å². The molecule has 12 heteroatoms. The van der Waals surface area contributed by atoms with Crippen LogP contribution in [-0.2, 0) is 17.5 Å². The smallest absolute Gasteiger partial charge is 0.325 e. The van der Waals surface area contributed by atoms with Gasteiger partial charge in [-0.3, -0.25) is 14.4 Å².